The Hall–Kier alpha value is -0.570. The summed E-state index contributed by atoms with van der Waals surface area (Å²) >= 11 is 6.12. The molecule has 0 amide bonds. The number of nitrogens with two attached hydrogens (primary N) is 1. The summed E-state index contributed by atoms with van der Waals surface area (Å²) in [5.41, 5.74) is 6.86. The molecule has 0 aromatic heterocycles. The van der Waals surface area contributed by atoms with E-state index < -0.39 is 0 Å². The van der Waals surface area contributed by atoms with Crippen molar-refractivity contribution in [2.75, 3.05) is 20.1 Å². The van der Waals surface area contributed by atoms with Crippen LogP contribution in [0.1, 0.15) is 18.5 Å². The molecule has 0 aliphatic heterocycles. The van der Waals surface area contributed by atoms with Gasteiger partial charge in [0, 0.05) is 17.6 Å². The van der Waals surface area contributed by atoms with Crippen molar-refractivity contribution in [2.24, 2.45) is 5.73 Å². The molecule has 3 heteroatoms. The number of hydrogen-bond acceptors (Lipinski definition) is 2. The molecule has 1 unspecified atom stereocenters. The van der Waals surface area contributed by atoms with Crippen LogP contribution in [0.2, 0.25) is 5.02 Å². The van der Waals surface area contributed by atoms with E-state index in [9.17, 15) is 0 Å². The third-order valence-electron chi connectivity index (χ3n) is 2.52. The Labute approximate surface area is 90.7 Å². The maximum absolute atomic E-state index is 6.12. The molecule has 0 saturated heterocycles. The monoisotopic (exact) mass is 212 g/mol. The van der Waals surface area contributed by atoms with Crippen LogP contribution >= 0.6 is 11.6 Å². The molecule has 1 atom stereocenters. The summed E-state index contributed by atoms with van der Waals surface area (Å²) in [6.07, 6.45) is 0. The lowest BCUT2D eigenvalue weighted by molar-refractivity contribution is 0.263. The topological polar surface area (TPSA) is 29.3 Å². The van der Waals surface area contributed by atoms with Gasteiger partial charge in [-0.25, -0.2) is 0 Å². The van der Waals surface area contributed by atoms with Gasteiger partial charge in [0.25, 0.3) is 0 Å². The highest BCUT2D eigenvalue weighted by Gasteiger charge is 2.15. The highest BCUT2D eigenvalue weighted by Crippen LogP contribution is 2.25. The van der Waals surface area contributed by atoms with Crippen LogP contribution in [0.15, 0.2) is 24.3 Å². The van der Waals surface area contributed by atoms with Gasteiger partial charge in [-0.2, -0.15) is 0 Å². The second-order valence-corrected chi connectivity index (χ2v) is 3.75. The molecule has 0 heterocycles. The summed E-state index contributed by atoms with van der Waals surface area (Å²) in [7, 11) is 2.06. The van der Waals surface area contributed by atoms with E-state index in [0.717, 1.165) is 17.1 Å². The Morgan fingerprint density at radius 1 is 1.43 bits per heavy atom. The molecule has 2 N–H and O–H groups in total. The maximum Gasteiger partial charge on any atom is 0.0482 e. The van der Waals surface area contributed by atoms with Crippen molar-refractivity contribution in [2.45, 2.75) is 13.0 Å². The molecule has 0 saturated carbocycles. The van der Waals surface area contributed by atoms with Gasteiger partial charge >= 0.3 is 0 Å². The van der Waals surface area contributed by atoms with E-state index in [1.807, 2.05) is 24.3 Å². The standard InChI is InChI=1S/C11H17ClN2/c1-3-14(2)11(8-13)9-6-4-5-7-10(9)12/h4-7,11H,3,8,13H2,1-2H3. The molecule has 1 aromatic carbocycles. The minimum absolute atomic E-state index is 0.216. The van der Waals surface area contributed by atoms with E-state index in [2.05, 4.69) is 18.9 Å². The quantitative estimate of drug-likeness (QED) is 0.830. The van der Waals surface area contributed by atoms with Crippen LogP contribution in [0.3, 0.4) is 0 Å². The van der Waals surface area contributed by atoms with Crippen LogP contribution < -0.4 is 5.73 Å². The van der Waals surface area contributed by atoms with Crippen molar-refractivity contribution in [1.82, 2.24) is 4.90 Å². The van der Waals surface area contributed by atoms with Crippen molar-refractivity contribution in [3.05, 3.63) is 34.9 Å². The van der Waals surface area contributed by atoms with Crippen molar-refractivity contribution in [1.29, 1.82) is 0 Å². The summed E-state index contributed by atoms with van der Waals surface area (Å²) < 4.78 is 0. The number of likely N-dealkylation sites (N-methyl/N-ethyl adjacent to an activating group) is 1. The predicted molar refractivity (Wildman–Crippen MR) is 61.6 cm³/mol. The van der Waals surface area contributed by atoms with Gasteiger partial charge in [-0.15, -0.1) is 0 Å². The largest absolute Gasteiger partial charge is 0.329 e. The lowest BCUT2D eigenvalue weighted by Gasteiger charge is -2.26. The van der Waals surface area contributed by atoms with E-state index >= 15 is 0 Å². The molecule has 14 heavy (non-hydrogen) atoms. The third kappa shape index (κ3) is 2.47. The van der Waals surface area contributed by atoms with Crippen molar-refractivity contribution in [3.8, 4) is 0 Å². The zero-order valence-corrected chi connectivity index (χ0v) is 9.46. The lowest BCUT2D eigenvalue weighted by Crippen LogP contribution is -2.30. The molecule has 0 spiro atoms. The fourth-order valence-corrected chi connectivity index (χ4v) is 1.77. The molecular formula is C11H17ClN2. The first-order valence-corrected chi connectivity index (χ1v) is 5.23. The van der Waals surface area contributed by atoms with Gasteiger partial charge in [0.05, 0.1) is 0 Å². The minimum atomic E-state index is 0.216. The van der Waals surface area contributed by atoms with Gasteiger partial charge in [-0.05, 0) is 25.2 Å². The summed E-state index contributed by atoms with van der Waals surface area (Å²) in [5.74, 6) is 0. The molecule has 0 fully saturated rings. The lowest BCUT2D eigenvalue weighted by atomic mass is 10.1. The molecule has 0 aliphatic carbocycles. The average Bonchev–Trinajstić information content (AvgIpc) is 2.21. The smallest absolute Gasteiger partial charge is 0.0482 e. The first-order chi connectivity index (χ1) is 6.70. The number of nitrogens with zero attached hydrogens (tertiary/aromatic N) is 1. The van der Waals surface area contributed by atoms with Crippen LogP contribution in [0, 0.1) is 0 Å². The Balaban J connectivity index is 2.94. The number of halogens is 1. The normalized spacial score (nSPS) is 13.2. The highest BCUT2D eigenvalue weighted by atomic mass is 35.5. The fraction of sp³-hybridized carbons (Fsp3) is 0.455. The summed E-state index contributed by atoms with van der Waals surface area (Å²) in [6.45, 7) is 3.67. The van der Waals surface area contributed by atoms with Gasteiger partial charge in [-0.1, -0.05) is 36.7 Å². The van der Waals surface area contributed by atoms with Gasteiger partial charge < -0.3 is 5.73 Å². The van der Waals surface area contributed by atoms with Crippen LogP contribution in [-0.2, 0) is 0 Å². The summed E-state index contributed by atoms with van der Waals surface area (Å²) in [6, 6.07) is 8.09. The Morgan fingerprint density at radius 3 is 2.57 bits per heavy atom. The molecular weight excluding hydrogens is 196 g/mol. The number of hydrogen-bond donors (Lipinski definition) is 1. The van der Waals surface area contributed by atoms with Gasteiger partial charge in [0.1, 0.15) is 0 Å². The Morgan fingerprint density at radius 2 is 2.07 bits per heavy atom. The highest BCUT2D eigenvalue weighted by molar-refractivity contribution is 6.31. The second-order valence-electron chi connectivity index (χ2n) is 3.35. The summed E-state index contributed by atoms with van der Waals surface area (Å²) in [4.78, 5) is 2.20. The van der Waals surface area contributed by atoms with Gasteiger partial charge in [0.2, 0.25) is 0 Å². The first kappa shape index (κ1) is 11.5. The number of benzene rings is 1. The van der Waals surface area contributed by atoms with Crippen molar-refractivity contribution >= 4 is 11.6 Å². The van der Waals surface area contributed by atoms with Crippen LogP contribution in [0.25, 0.3) is 0 Å². The molecule has 1 rings (SSSR count). The molecule has 0 bridgehead atoms. The van der Waals surface area contributed by atoms with E-state index in [-0.39, 0.29) is 6.04 Å². The van der Waals surface area contributed by atoms with E-state index in [1.165, 1.54) is 0 Å². The zero-order valence-electron chi connectivity index (χ0n) is 8.70. The van der Waals surface area contributed by atoms with Gasteiger partial charge in [0.15, 0.2) is 0 Å². The molecule has 0 aliphatic rings. The fourth-order valence-electron chi connectivity index (χ4n) is 1.51. The molecule has 1 aromatic rings. The van der Waals surface area contributed by atoms with Crippen molar-refractivity contribution in [3.63, 3.8) is 0 Å². The van der Waals surface area contributed by atoms with E-state index in [1.54, 1.807) is 0 Å². The van der Waals surface area contributed by atoms with Crippen LogP contribution in [0.5, 0.6) is 0 Å². The maximum atomic E-state index is 6.12. The Kier molecular flexibility index (Phi) is 4.39. The van der Waals surface area contributed by atoms with Crippen molar-refractivity contribution < 1.29 is 0 Å². The van der Waals surface area contributed by atoms with E-state index in [0.29, 0.717) is 6.54 Å². The van der Waals surface area contributed by atoms with Gasteiger partial charge in [-0.3, -0.25) is 4.90 Å². The van der Waals surface area contributed by atoms with E-state index in [4.69, 9.17) is 17.3 Å². The Bertz CT molecular complexity index is 288. The van der Waals surface area contributed by atoms with Crippen LogP contribution in [-0.4, -0.2) is 25.0 Å². The third-order valence-corrected chi connectivity index (χ3v) is 2.86. The molecule has 2 nitrogen and oxygen atoms in total. The number of rotatable bonds is 4. The minimum Gasteiger partial charge on any atom is -0.329 e. The predicted octanol–water partition coefficient (Wildman–Crippen LogP) is 2.29. The van der Waals surface area contributed by atoms with Crippen LogP contribution in [0.4, 0.5) is 0 Å². The molecule has 0 radical (unpaired) electrons. The average molecular weight is 213 g/mol. The summed E-state index contributed by atoms with van der Waals surface area (Å²) in [5, 5.41) is 0.795. The second kappa shape index (κ2) is 5.35. The SMILES string of the molecule is CCN(C)C(CN)c1ccccc1Cl. The zero-order chi connectivity index (χ0) is 10.6. The molecule has 78 valence electrons. The first-order valence-electron chi connectivity index (χ1n) is 4.85.